The summed E-state index contributed by atoms with van der Waals surface area (Å²) in [6.45, 7) is 0. The Kier molecular flexibility index (Phi) is 6.48. The summed E-state index contributed by atoms with van der Waals surface area (Å²) in [5.41, 5.74) is -0.452. The lowest BCUT2D eigenvalue weighted by molar-refractivity contribution is 0.0162. The van der Waals surface area contributed by atoms with Gasteiger partial charge in [-0.3, -0.25) is 0 Å². The molecule has 0 aliphatic heterocycles. The highest BCUT2D eigenvalue weighted by molar-refractivity contribution is 6.10. The van der Waals surface area contributed by atoms with Crippen molar-refractivity contribution >= 4 is 17.9 Å². The molecule has 1 aromatic rings. The van der Waals surface area contributed by atoms with Gasteiger partial charge in [0.05, 0.1) is 16.7 Å². The second kappa shape index (κ2) is 9.02. The molecule has 0 bridgehead atoms. The maximum Gasteiger partial charge on any atom is 0.340 e. The minimum Gasteiger partial charge on any atom is -0.478 e. The molecule has 0 heterocycles. The van der Waals surface area contributed by atoms with Crippen molar-refractivity contribution in [3.63, 3.8) is 0 Å². The number of carbonyl (C=O) groups is 3. The lowest BCUT2D eigenvalue weighted by Crippen LogP contribution is -2.26. The van der Waals surface area contributed by atoms with E-state index in [9.17, 15) is 19.5 Å². The quantitative estimate of drug-likeness (QED) is 0.770. The molecule has 1 N–H and O–H groups in total. The fourth-order valence-electron chi connectivity index (χ4n) is 3.91. The summed E-state index contributed by atoms with van der Waals surface area (Å²) in [6.07, 6.45) is 8.93. The molecule has 0 spiro atoms. The summed E-state index contributed by atoms with van der Waals surface area (Å²) in [5.74, 6) is -2.67. The van der Waals surface area contributed by atoms with Crippen molar-refractivity contribution in [3.8, 4) is 0 Å². The fourth-order valence-corrected chi connectivity index (χ4v) is 3.91. The number of carboxylic acids is 1. The van der Waals surface area contributed by atoms with Gasteiger partial charge in [0.1, 0.15) is 12.2 Å². The van der Waals surface area contributed by atoms with Crippen molar-refractivity contribution in [2.24, 2.45) is 0 Å². The molecule has 2 aliphatic rings. The smallest absolute Gasteiger partial charge is 0.340 e. The molecule has 6 heteroatoms. The zero-order valence-corrected chi connectivity index (χ0v) is 15.4. The van der Waals surface area contributed by atoms with E-state index in [0.29, 0.717) is 0 Å². The number of ether oxygens (including phenoxy) is 2. The van der Waals surface area contributed by atoms with E-state index < -0.39 is 17.9 Å². The third-order valence-corrected chi connectivity index (χ3v) is 5.37. The topological polar surface area (TPSA) is 89.9 Å². The maximum absolute atomic E-state index is 12.8. The molecule has 0 aromatic heterocycles. The first-order valence-electron chi connectivity index (χ1n) is 9.84. The van der Waals surface area contributed by atoms with Crippen LogP contribution in [0.5, 0.6) is 0 Å². The normalized spacial score (nSPS) is 18.7. The van der Waals surface area contributed by atoms with Gasteiger partial charge in [-0.1, -0.05) is 18.9 Å². The van der Waals surface area contributed by atoms with Crippen molar-refractivity contribution in [1.29, 1.82) is 0 Å². The molecule has 0 saturated heterocycles. The summed E-state index contributed by atoms with van der Waals surface area (Å²) < 4.78 is 11.1. The third-order valence-electron chi connectivity index (χ3n) is 5.37. The van der Waals surface area contributed by atoms with Crippen LogP contribution in [0, 0.1) is 0 Å². The van der Waals surface area contributed by atoms with Crippen molar-refractivity contribution in [1.82, 2.24) is 0 Å². The van der Waals surface area contributed by atoms with Crippen molar-refractivity contribution in [2.75, 3.05) is 0 Å². The molecule has 2 saturated carbocycles. The Balaban J connectivity index is 1.83. The highest BCUT2D eigenvalue weighted by Crippen LogP contribution is 2.26. The van der Waals surface area contributed by atoms with Gasteiger partial charge in [-0.2, -0.15) is 0 Å². The summed E-state index contributed by atoms with van der Waals surface area (Å²) in [4.78, 5) is 37.1. The molecule has 0 atom stereocenters. The molecule has 0 amide bonds. The molecule has 0 radical (unpaired) electrons. The molecule has 2 fully saturated rings. The standard InChI is InChI=1S/C21H26O6/c22-19(23)16-12-7-13-17(20(24)26-14-8-3-1-4-9-14)18(16)21(25)27-15-10-5-2-6-11-15/h7,12-15H,1-6,8-11H2,(H,22,23). The Bertz CT molecular complexity index is 699. The summed E-state index contributed by atoms with van der Waals surface area (Å²) in [5, 5.41) is 9.49. The van der Waals surface area contributed by atoms with Crippen LogP contribution in [0.3, 0.4) is 0 Å². The van der Waals surface area contributed by atoms with Gasteiger partial charge in [0, 0.05) is 0 Å². The van der Waals surface area contributed by atoms with Crippen LogP contribution in [-0.2, 0) is 9.47 Å². The van der Waals surface area contributed by atoms with E-state index in [0.717, 1.165) is 64.2 Å². The SMILES string of the molecule is O=C(O)c1cccc(C(=O)OC2CCCCC2)c1C(=O)OC1CCCCC1. The number of benzene rings is 1. The Morgan fingerprint density at radius 2 is 1.22 bits per heavy atom. The van der Waals surface area contributed by atoms with Gasteiger partial charge in [-0.25, -0.2) is 14.4 Å². The Morgan fingerprint density at radius 1 is 0.741 bits per heavy atom. The highest BCUT2D eigenvalue weighted by Gasteiger charge is 2.29. The molecule has 2 aliphatic carbocycles. The van der Waals surface area contributed by atoms with Gasteiger partial charge in [0.15, 0.2) is 0 Å². The van der Waals surface area contributed by atoms with Crippen molar-refractivity contribution < 1.29 is 29.0 Å². The van der Waals surface area contributed by atoms with Gasteiger partial charge in [-0.05, 0) is 63.5 Å². The molecule has 1 aromatic carbocycles. The van der Waals surface area contributed by atoms with Crippen LogP contribution >= 0.6 is 0 Å². The third kappa shape index (κ3) is 4.87. The van der Waals surface area contributed by atoms with Gasteiger partial charge >= 0.3 is 17.9 Å². The largest absolute Gasteiger partial charge is 0.478 e. The van der Waals surface area contributed by atoms with Crippen molar-refractivity contribution in [2.45, 2.75) is 76.4 Å². The van der Waals surface area contributed by atoms with Gasteiger partial charge in [-0.15, -0.1) is 0 Å². The Hall–Kier alpha value is -2.37. The first-order chi connectivity index (χ1) is 13.1. The minimum absolute atomic E-state index is 0.0266. The molecular weight excluding hydrogens is 348 g/mol. The molecule has 27 heavy (non-hydrogen) atoms. The summed E-state index contributed by atoms with van der Waals surface area (Å²) in [6, 6.07) is 4.21. The first-order valence-corrected chi connectivity index (χ1v) is 9.84. The summed E-state index contributed by atoms with van der Waals surface area (Å²) in [7, 11) is 0. The van der Waals surface area contributed by atoms with E-state index in [2.05, 4.69) is 0 Å². The number of hydrogen-bond donors (Lipinski definition) is 1. The van der Waals surface area contributed by atoms with Crippen LogP contribution in [0.25, 0.3) is 0 Å². The number of esters is 2. The number of carboxylic acid groups (broad SMARTS) is 1. The fraction of sp³-hybridized carbons (Fsp3) is 0.571. The van der Waals surface area contributed by atoms with E-state index in [1.54, 1.807) is 0 Å². The van der Waals surface area contributed by atoms with E-state index in [1.807, 2.05) is 0 Å². The van der Waals surface area contributed by atoms with Crippen LogP contribution in [0.2, 0.25) is 0 Å². The number of hydrogen-bond acceptors (Lipinski definition) is 5. The molecule has 0 unspecified atom stereocenters. The second-order valence-electron chi connectivity index (χ2n) is 7.36. The first kappa shape index (κ1) is 19.4. The summed E-state index contributed by atoms with van der Waals surface area (Å²) >= 11 is 0. The Labute approximate surface area is 158 Å². The van der Waals surface area contributed by atoms with E-state index >= 15 is 0 Å². The lowest BCUT2D eigenvalue weighted by atomic mass is 9.96. The average Bonchev–Trinajstić information content (AvgIpc) is 2.68. The maximum atomic E-state index is 12.8. The van der Waals surface area contributed by atoms with Crippen LogP contribution in [-0.4, -0.2) is 35.2 Å². The molecule has 3 rings (SSSR count). The molecule has 6 nitrogen and oxygen atoms in total. The van der Waals surface area contributed by atoms with Crippen LogP contribution in [0.4, 0.5) is 0 Å². The van der Waals surface area contributed by atoms with Crippen LogP contribution in [0.1, 0.15) is 95.3 Å². The molecular formula is C21H26O6. The second-order valence-corrected chi connectivity index (χ2v) is 7.36. The minimum atomic E-state index is -1.27. The van der Waals surface area contributed by atoms with Gasteiger partial charge in [0.2, 0.25) is 0 Å². The Morgan fingerprint density at radius 3 is 1.74 bits per heavy atom. The van der Waals surface area contributed by atoms with E-state index in [1.165, 1.54) is 18.2 Å². The van der Waals surface area contributed by atoms with Crippen LogP contribution < -0.4 is 0 Å². The predicted octanol–water partition coefficient (Wildman–Crippen LogP) is 4.36. The van der Waals surface area contributed by atoms with E-state index in [4.69, 9.17) is 9.47 Å². The zero-order chi connectivity index (χ0) is 19.2. The molecule has 146 valence electrons. The number of aromatic carboxylic acids is 1. The van der Waals surface area contributed by atoms with Crippen LogP contribution in [0.15, 0.2) is 18.2 Å². The predicted molar refractivity (Wildman–Crippen MR) is 98.0 cm³/mol. The van der Waals surface area contributed by atoms with E-state index in [-0.39, 0.29) is 28.9 Å². The number of rotatable bonds is 5. The van der Waals surface area contributed by atoms with Gasteiger partial charge in [0.25, 0.3) is 0 Å². The highest BCUT2D eigenvalue weighted by atomic mass is 16.6. The number of carbonyl (C=O) groups excluding carboxylic acids is 2. The zero-order valence-electron chi connectivity index (χ0n) is 15.4. The monoisotopic (exact) mass is 374 g/mol. The van der Waals surface area contributed by atoms with Crippen molar-refractivity contribution in [3.05, 3.63) is 34.9 Å². The van der Waals surface area contributed by atoms with Gasteiger partial charge < -0.3 is 14.6 Å². The average molecular weight is 374 g/mol. The lowest BCUT2D eigenvalue weighted by Gasteiger charge is -2.24.